The molecule has 1 aliphatic rings. The molecule has 1 aromatic carbocycles. The van der Waals surface area contributed by atoms with Gasteiger partial charge in [-0.25, -0.2) is 12.8 Å². The zero-order chi connectivity index (χ0) is 19.4. The van der Waals surface area contributed by atoms with E-state index in [-0.39, 0.29) is 28.9 Å². The number of aromatic amines is 1. The van der Waals surface area contributed by atoms with Crippen LogP contribution in [0, 0.1) is 5.82 Å². The number of ether oxygens (including phenoxy) is 1. The van der Waals surface area contributed by atoms with E-state index in [1.54, 1.807) is 7.05 Å². The van der Waals surface area contributed by atoms with Crippen molar-refractivity contribution >= 4 is 15.9 Å². The van der Waals surface area contributed by atoms with Crippen molar-refractivity contribution in [3.8, 4) is 5.75 Å². The number of carbonyl (C=O) groups is 1. The molecule has 2 heterocycles. The van der Waals surface area contributed by atoms with Crippen molar-refractivity contribution in [2.75, 3.05) is 33.3 Å². The molecule has 1 N–H and O–H groups in total. The second kappa shape index (κ2) is 8.10. The molecule has 0 unspecified atom stereocenters. The van der Waals surface area contributed by atoms with Gasteiger partial charge in [0, 0.05) is 26.3 Å². The molecule has 2 aromatic rings. The molecule has 0 spiro atoms. The van der Waals surface area contributed by atoms with E-state index in [0.29, 0.717) is 25.4 Å². The summed E-state index contributed by atoms with van der Waals surface area (Å²) in [5.74, 6) is -0.169. The highest BCUT2D eigenvalue weighted by atomic mass is 32.2. The Bertz CT molecular complexity index is 890. The monoisotopic (exact) mass is 395 g/mol. The van der Waals surface area contributed by atoms with Crippen LogP contribution in [0.15, 0.2) is 41.4 Å². The quantitative estimate of drug-likeness (QED) is 0.778. The van der Waals surface area contributed by atoms with Crippen molar-refractivity contribution in [3.63, 3.8) is 0 Å². The molecule has 146 valence electrons. The number of hydrogen-bond acceptors (Lipinski definition) is 4. The van der Waals surface area contributed by atoms with Crippen molar-refractivity contribution in [2.24, 2.45) is 0 Å². The van der Waals surface area contributed by atoms with Crippen LogP contribution in [0.3, 0.4) is 0 Å². The Morgan fingerprint density at radius 2 is 1.93 bits per heavy atom. The van der Waals surface area contributed by atoms with E-state index in [4.69, 9.17) is 4.74 Å². The number of sulfonamides is 1. The molecule has 27 heavy (non-hydrogen) atoms. The van der Waals surface area contributed by atoms with E-state index in [1.807, 2.05) is 0 Å². The van der Waals surface area contributed by atoms with E-state index in [2.05, 4.69) is 4.98 Å². The number of benzene rings is 1. The van der Waals surface area contributed by atoms with Gasteiger partial charge in [-0.1, -0.05) is 0 Å². The molecule has 1 amide bonds. The highest BCUT2D eigenvalue weighted by molar-refractivity contribution is 7.89. The topological polar surface area (TPSA) is 82.7 Å². The average Bonchev–Trinajstić information content (AvgIpc) is 3.35. The van der Waals surface area contributed by atoms with Gasteiger partial charge in [0.25, 0.3) is 5.91 Å². The van der Waals surface area contributed by atoms with Crippen molar-refractivity contribution < 1.29 is 22.3 Å². The number of nitrogens with one attached hydrogen (secondary N) is 1. The maximum Gasteiger partial charge on any atom is 0.270 e. The number of halogens is 1. The summed E-state index contributed by atoms with van der Waals surface area (Å²) >= 11 is 0. The number of aromatic nitrogens is 1. The average molecular weight is 395 g/mol. The van der Waals surface area contributed by atoms with Crippen molar-refractivity contribution in [1.29, 1.82) is 0 Å². The standard InChI is InChI=1S/C18H22FN3O4S/c1-21(10-11-26-15-6-4-14(19)5-7-15)18(23)17-12-16(13-20-17)27(24,25)22-8-2-3-9-22/h4-7,12-13,20H,2-3,8-11H2,1H3. The smallest absolute Gasteiger partial charge is 0.270 e. The number of rotatable bonds is 7. The molecular weight excluding hydrogens is 373 g/mol. The van der Waals surface area contributed by atoms with Crippen LogP contribution < -0.4 is 4.74 Å². The molecule has 0 radical (unpaired) electrons. The van der Waals surface area contributed by atoms with Gasteiger partial charge in [0.2, 0.25) is 10.0 Å². The highest BCUT2D eigenvalue weighted by Gasteiger charge is 2.29. The van der Waals surface area contributed by atoms with Crippen molar-refractivity contribution in [1.82, 2.24) is 14.2 Å². The number of carbonyl (C=O) groups excluding carboxylic acids is 1. The van der Waals surface area contributed by atoms with Crippen LogP contribution in [0.5, 0.6) is 5.75 Å². The lowest BCUT2D eigenvalue weighted by atomic mass is 10.3. The summed E-state index contributed by atoms with van der Waals surface area (Å²) in [5.41, 5.74) is 0.206. The van der Waals surface area contributed by atoms with Crippen molar-refractivity contribution in [3.05, 3.63) is 48.0 Å². The van der Waals surface area contributed by atoms with Crippen molar-refractivity contribution in [2.45, 2.75) is 17.7 Å². The molecule has 0 atom stereocenters. The summed E-state index contributed by atoms with van der Waals surface area (Å²) in [5, 5.41) is 0. The van der Waals surface area contributed by atoms with E-state index in [1.165, 1.54) is 45.7 Å². The first-order chi connectivity index (χ1) is 12.9. The van der Waals surface area contributed by atoms with E-state index in [9.17, 15) is 17.6 Å². The Kier molecular flexibility index (Phi) is 5.81. The fourth-order valence-electron chi connectivity index (χ4n) is 2.86. The molecule has 7 nitrogen and oxygen atoms in total. The number of likely N-dealkylation sites (N-methyl/N-ethyl adjacent to an activating group) is 1. The van der Waals surface area contributed by atoms with Crippen LogP contribution in [-0.4, -0.2) is 61.8 Å². The van der Waals surface area contributed by atoms with Gasteiger partial charge < -0.3 is 14.6 Å². The minimum absolute atomic E-state index is 0.101. The normalized spacial score (nSPS) is 15.0. The third-order valence-corrected chi connectivity index (χ3v) is 6.32. The summed E-state index contributed by atoms with van der Waals surface area (Å²) in [4.78, 5) is 16.8. The molecule has 1 aliphatic heterocycles. The first-order valence-corrected chi connectivity index (χ1v) is 10.1. The maximum absolute atomic E-state index is 12.9. The molecular formula is C18H22FN3O4S. The number of H-pyrrole nitrogens is 1. The van der Waals surface area contributed by atoms with Gasteiger partial charge in [0.05, 0.1) is 6.54 Å². The summed E-state index contributed by atoms with van der Waals surface area (Å²) in [7, 11) is -1.95. The predicted molar refractivity (Wildman–Crippen MR) is 97.6 cm³/mol. The minimum atomic E-state index is -3.56. The number of nitrogens with zero attached hydrogens (tertiary/aromatic N) is 2. The van der Waals surface area contributed by atoms with Gasteiger partial charge >= 0.3 is 0 Å². The van der Waals surface area contributed by atoms with E-state index in [0.717, 1.165) is 12.8 Å². The molecule has 9 heteroatoms. The first kappa shape index (κ1) is 19.4. The van der Waals surface area contributed by atoms with Gasteiger partial charge in [0.15, 0.2) is 0 Å². The Morgan fingerprint density at radius 3 is 2.59 bits per heavy atom. The molecule has 1 saturated heterocycles. The predicted octanol–water partition coefficient (Wildman–Crippen LogP) is 2.09. The number of hydrogen-bond donors (Lipinski definition) is 1. The van der Waals surface area contributed by atoms with E-state index >= 15 is 0 Å². The van der Waals surface area contributed by atoms with Gasteiger partial charge in [-0.3, -0.25) is 4.79 Å². The van der Waals surface area contributed by atoms with Crippen LogP contribution in [0.1, 0.15) is 23.3 Å². The largest absolute Gasteiger partial charge is 0.492 e. The third-order valence-electron chi connectivity index (χ3n) is 4.45. The zero-order valence-corrected chi connectivity index (χ0v) is 15.8. The lowest BCUT2D eigenvalue weighted by molar-refractivity contribution is 0.0768. The third kappa shape index (κ3) is 4.48. The van der Waals surface area contributed by atoms with Crippen LogP contribution in [0.4, 0.5) is 4.39 Å². The second-order valence-electron chi connectivity index (χ2n) is 6.39. The van der Waals surface area contributed by atoms with Gasteiger partial charge in [-0.2, -0.15) is 4.31 Å². The molecule has 1 fully saturated rings. The fourth-order valence-corrected chi connectivity index (χ4v) is 4.37. The fraction of sp³-hybridized carbons (Fsp3) is 0.389. The summed E-state index contributed by atoms with van der Waals surface area (Å²) in [6.07, 6.45) is 3.06. The lowest BCUT2D eigenvalue weighted by Gasteiger charge is -2.17. The maximum atomic E-state index is 12.9. The molecule has 1 aromatic heterocycles. The Morgan fingerprint density at radius 1 is 1.26 bits per heavy atom. The van der Waals surface area contributed by atoms with Crippen LogP contribution >= 0.6 is 0 Å². The summed E-state index contributed by atoms with van der Waals surface area (Å²) < 4.78 is 44.8. The SMILES string of the molecule is CN(CCOc1ccc(F)cc1)C(=O)c1cc(S(=O)(=O)N2CCCC2)c[nH]1. The Balaban J connectivity index is 1.57. The molecule has 0 saturated carbocycles. The summed E-state index contributed by atoms with van der Waals surface area (Å²) in [6, 6.07) is 6.99. The van der Waals surface area contributed by atoms with Gasteiger partial charge in [0.1, 0.15) is 28.8 Å². The van der Waals surface area contributed by atoms with Crippen LogP contribution in [-0.2, 0) is 10.0 Å². The Labute approximate surface area is 157 Å². The highest BCUT2D eigenvalue weighted by Crippen LogP contribution is 2.21. The van der Waals surface area contributed by atoms with E-state index < -0.39 is 10.0 Å². The summed E-state index contributed by atoms with van der Waals surface area (Å²) in [6.45, 7) is 1.55. The van der Waals surface area contributed by atoms with Gasteiger partial charge in [-0.15, -0.1) is 0 Å². The lowest BCUT2D eigenvalue weighted by Crippen LogP contribution is -2.31. The minimum Gasteiger partial charge on any atom is -0.492 e. The second-order valence-corrected chi connectivity index (χ2v) is 8.33. The molecule has 0 bridgehead atoms. The molecule has 3 rings (SSSR count). The first-order valence-electron chi connectivity index (χ1n) is 8.70. The number of amides is 1. The van der Waals surface area contributed by atoms with Crippen LogP contribution in [0.2, 0.25) is 0 Å². The zero-order valence-electron chi connectivity index (χ0n) is 15.0. The van der Waals surface area contributed by atoms with Gasteiger partial charge in [-0.05, 0) is 43.2 Å². The van der Waals surface area contributed by atoms with Crippen LogP contribution in [0.25, 0.3) is 0 Å². The molecule has 0 aliphatic carbocycles. The Hall–Kier alpha value is -2.39.